The number of hydrogen-bond acceptors (Lipinski definition) is 1. The highest BCUT2D eigenvalue weighted by molar-refractivity contribution is 6.35. The van der Waals surface area contributed by atoms with Crippen LogP contribution in [0.4, 0.5) is 0 Å². The fraction of sp³-hybridized carbons (Fsp3) is 0.400. The Kier molecular flexibility index (Phi) is 3.89. The summed E-state index contributed by atoms with van der Waals surface area (Å²) in [5.74, 6) is 0.695. The fourth-order valence-electron chi connectivity index (χ4n) is 0.871. The minimum absolute atomic E-state index is 0.179. The maximum absolute atomic E-state index is 5.92. The van der Waals surface area contributed by atoms with Gasteiger partial charge >= 0.3 is 0 Å². The average molecular weight is 219 g/mol. The first-order valence-corrected chi connectivity index (χ1v) is 5.00. The standard InChI is InChI=1S/C10H12Cl2O/c1-3-7(2)13-10-5-4-8(11)6-9(10)12/h4-7H,3H2,1-2H3. The summed E-state index contributed by atoms with van der Waals surface area (Å²) in [5, 5.41) is 1.19. The van der Waals surface area contributed by atoms with Gasteiger partial charge in [-0.25, -0.2) is 0 Å². The Bertz CT molecular complexity index is 286. The van der Waals surface area contributed by atoms with Gasteiger partial charge in [-0.1, -0.05) is 30.1 Å². The van der Waals surface area contributed by atoms with E-state index in [1.54, 1.807) is 18.2 Å². The molecule has 1 aromatic carbocycles. The Hall–Kier alpha value is -0.400. The zero-order valence-corrected chi connectivity index (χ0v) is 9.19. The SMILES string of the molecule is CCC(C)Oc1ccc(Cl)cc1Cl. The van der Waals surface area contributed by atoms with Gasteiger partial charge in [-0.05, 0) is 31.5 Å². The van der Waals surface area contributed by atoms with Crippen LogP contribution in [0, 0.1) is 0 Å². The van der Waals surface area contributed by atoms with Gasteiger partial charge in [0.05, 0.1) is 11.1 Å². The molecule has 0 aliphatic carbocycles. The zero-order chi connectivity index (χ0) is 9.84. The van der Waals surface area contributed by atoms with Crippen molar-refractivity contribution in [3.63, 3.8) is 0 Å². The summed E-state index contributed by atoms with van der Waals surface area (Å²) in [4.78, 5) is 0. The second kappa shape index (κ2) is 4.73. The Labute approximate surface area is 88.6 Å². The second-order valence-electron chi connectivity index (χ2n) is 2.91. The molecule has 1 nitrogen and oxygen atoms in total. The van der Waals surface area contributed by atoms with Crippen molar-refractivity contribution in [1.82, 2.24) is 0 Å². The van der Waals surface area contributed by atoms with Gasteiger partial charge < -0.3 is 4.74 Å². The quantitative estimate of drug-likeness (QED) is 0.741. The lowest BCUT2D eigenvalue weighted by atomic mass is 10.3. The van der Waals surface area contributed by atoms with Gasteiger partial charge in [-0.15, -0.1) is 0 Å². The van der Waals surface area contributed by atoms with Crippen molar-refractivity contribution in [2.45, 2.75) is 26.4 Å². The van der Waals surface area contributed by atoms with Gasteiger partial charge in [-0.2, -0.15) is 0 Å². The number of halogens is 2. The van der Waals surface area contributed by atoms with Gasteiger partial charge in [0.15, 0.2) is 0 Å². The molecule has 0 bridgehead atoms. The van der Waals surface area contributed by atoms with E-state index in [4.69, 9.17) is 27.9 Å². The molecule has 0 heterocycles. The maximum atomic E-state index is 5.92. The van der Waals surface area contributed by atoms with Crippen LogP contribution in [0.2, 0.25) is 10.0 Å². The van der Waals surface area contributed by atoms with Crippen LogP contribution in [0.3, 0.4) is 0 Å². The van der Waals surface area contributed by atoms with Crippen molar-refractivity contribution < 1.29 is 4.74 Å². The summed E-state index contributed by atoms with van der Waals surface area (Å²) in [7, 11) is 0. The van der Waals surface area contributed by atoms with E-state index >= 15 is 0 Å². The monoisotopic (exact) mass is 218 g/mol. The van der Waals surface area contributed by atoms with Crippen molar-refractivity contribution >= 4 is 23.2 Å². The number of hydrogen-bond donors (Lipinski definition) is 0. The molecule has 0 amide bonds. The highest BCUT2D eigenvalue weighted by Gasteiger charge is 2.05. The lowest BCUT2D eigenvalue weighted by molar-refractivity contribution is 0.217. The normalized spacial score (nSPS) is 12.6. The summed E-state index contributed by atoms with van der Waals surface area (Å²) < 4.78 is 5.56. The molecule has 0 aliphatic rings. The molecule has 0 N–H and O–H groups in total. The van der Waals surface area contributed by atoms with E-state index in [1.807, 2.05) is 6.92 Å². The van der Waals surface area contributed by atoms with Crippen molar-refractivity contribution in [2.75, 3.05) is 0 Å². The molecule has 0 aromatic heterocycles. The predicted octanol–water partition coefficient (Wildman–Crippen LogP) is 4.17. The molecule has 1 aromatic rings. The van der Waals surface area contributed by atoms with Gasteiger partial charge in [-0.3, -0.25) is 0 Å². The smallest absolute Gasteiger partial charge is 0.138 e. The van der Waals surface area contributed by atoms with E-state index in [9.17, 15) is 0 Å². The largest absolute Gasteiger partial charge is 0.489 e. The van der Waals surface area contributed by atoms with Crippen LogP contribution >= 0.6 is 23.2 Å². The lowest BCUT2D eigenvalue weighted by Gasteiger charge is -2.13. The van der Waals surface area contributed by atoms with Crippen LogP contribution in [-0.2, 0) is 0 Å². The molecule has 0 fully saturated rings. The van der Waals surface area contributed by atoms with Gasteiger partial charge in [0.2, 0.25) is 0 Å². The van der Waals surface area contributed by atoms with Gasteiger partial charge in [0.1, 0.15) is 5.75 Å². The zero-order valence-electron chi connectivity index (χ0n) is 7.68. The van der Waals surface area contributed by atoms with Gasteiger partial charge in [0.25, 0.3) is 0 Å². The molecule has 0 saturated heterocycles. The number of rotatable bonds is 3. The first kappa shape index (κ1) is 10.7. The first-order valence-electron chi connectivity index (χ1n) is 4.25. The molecule has 0 spiro atoms. The Balaban J connectivity index is 2.77. The molecule has 13 heavy (non-hydrogen) atoms. The van der Waals surface area contributed by atoms with E-state index in [-0.39, 0.29) is 6.10 Å². The number of ether oxygens (including phenoxy) is 1. The molecule has 1 atom stereocenters. The van der Waals surface area contributed by atoms with Crippen LogP contribution in [0.5, 0.6) is 5.75 Å². The van der Waals surface area contributed by atoms with E-state index in [0.29, 0.717) is 15.8 Å². The summed E-state index contributed by atoms with van der Waals surface area (Å²) in [6.45, 7) is 4.07. The van der Waals surface area contributed by atoms with Crippen LogP contribution < -0.4 is 4.74 Å². The summed E-state index contributed by atoms with van der Waals surface area (Å²) in [6, 6.07) is 5.24. The summed E-state index contributed by atoms with van der Waals surface area (Å²) in [5.41, 5.74) is 0. The van der Waals surface area contributed by atoms with Crippen LogP contribution in [0.1, 0.15) is 20.3 Å². The summed E-state index contributed by atoms with van der Waals surface area (Å²) in [6.07, 6.45) is 1.14. The van der Waals surface area contributed by atoms with Crippen LogP contribution in [-0.4, -0.2) is 6.10 Å². The predicted molar refractivity (Wildman–Crippen MR) is 56.8 cm³/mol. The van der Waals surface area contributed by atoms with Crippen molar-refractivity contribution in [1.29, 1.82) is 0 Å². The third kappa shape index (κ3) is 3.09. The fourth-order valence-corrected chi connectivity index (χ4v) is 1.32. The Morgan fingerprint density at radius 1 is 1.38 bits per heavy atom. The van der Waals surface area contributed by atoms with Crippen LogP contribution in [0.15, 0.2) is 18.2 Å². The number of benzene rings is 1. The molecular weight excluding hydrogens is 207 g/mol. The highest BCUT2D eigenvalue weighted by Crippen LogP contribution is 2.28. The molecule has 0 saturated carbocycles. The Morgan fingerprint density at radius 3 is 2.62 bits per heavy atom. The van der Waals surface area contributed by atoms with E-state index < -0.39 is 0 Å². The molecule has 0 radical (unpaired) electrons. The molecule has 1 unspecified atom stereocenters. The highest BCUT2D eigenvalue weighted by atomic mass is 35.5. The molecular formula is C10H12Cl2O. The minimum Gasteiger partial charge on any atom is -0.489 e. The van der Waals surface area contributed by atoms with Crippen molar-refractivity contribution in [3.05, 3.63) is 28.2 Å². The average Bonchev–Trinajstić information content (AvgIpc) is 2.09. The summed E-state index contributed by atoms with van der Waals surface area (Å²) >= 11 is 11.7. The first-order chi connectivity index (χ1) is 6.13. The molecule has 72 valence electrons. The van der Waals surface area contributed by atoms with E-state index in [2.05, 4.69) is 6.92 Å². The van der Waals surface area contributed by atoms with Crippen molar-refractivity contribution in [3.8, 4) is 5.75 Å². The topological polar surface area (TPSA) is 9.23 Å². The molecule has 3 heteroatoms. The third-order valence-electron chi connectivity index (χ3n) is 1.80. The third-order valence-corrected chi connectivity index (χ3v) is 2.33. The van der Waals surface area contributed by atoms with Crippen molar-refractivity contribution in [2.24, 2.45) is 0 Å². The minimum atomic E-state index is 0.179. The maximum Gasteiger partial charge on any atom is 0.138 e. The second-order valence-corrected chi connectivity index (χ2v) is 3.76. The van der Waals surface area contributed by atoms with Gasteiger partial charge in [0, 0.05) is 5.02 Å². The van der Waals surface area contributed by atoms with E-state index in [1.165, 1.54) is 0 Å². The van der Waals surface area contributed by atoms with Crippen LogP contribution in [0.25, 0.3) is 0 Å². The molecule has 0 aliphatic heterocycles. The Morgan fingerprint density at radius 2 is 2.08 bits per heavy atom. The lowest BCUT2D eigenvalue weighted by Crippen LogP contribution is -2.09. The van der Waals surface area contributed by atoms with E-state index in [0.717, 1.165) is 6.42 Å². The molecule has 1 rings (SSSR count).